The minimum atomic E-state index is -0.288. The lowest BCUT2D eigenvalue weighted by molar-refractivity contribution is 0.253. The van der Waals surface area contributed by atoms with Gasteiger partial charge in [0.2, 0.25) is 0 Å². The second kappa shape index (κ2) is 5.81. The Balaban J connectivity index is 1.98. The average Bonchev–Trinajstić information content (AvgIpc) is 2.86. The second-order valence-electron chi connectivity index (χ2n) is 4.13. The Morgan fingerprint density at radius 3 is 3.00 bits per heavy atom. The number of urea groups is 1. The van der Waals surface area contributed by atoms with E-state index in [1.54, 1.807) is 23.3 Å². The van der Waals surface area contributed by atoms with Crippen LogP contribution < -0.4 is 10.6 Å². The Morgan fingerprint density at radius 1 is 1.47 bits per heavy atom. The molecule has 0 aromatic carbocycles. The molecular weight excluding hydrogens is 242 g/mol. The van der Waals surface area contributed by atoms with Crippen molar-refractivity contribution in [2.45, 2.75) is 6.92 Å². The van der Waals surface area contributed by atoms with Gasteiger partial charge in [-0.05, 0) is 19.1 Å². The van der Waals surface area contributed by atoms with E-state index >= 15 is 0 Å². The molecule has 0 aliphatic rings. The summed E-state index contributed by atoms with van der Waals surface area (Å²) in [5, 5.41) is 9.49. The molecule has 0 unspecified atom stereocenters. The molecule has 0 bridgehead atoms. The summed E-state index contributed by atoms with van der Waals surface area (Å²) in [6, 6.07) is 5.25. The van der Waals surface area contributed by atoms with E-state index in [9.17, 15) is 4.79 Å². The summed E-state index contributed by atoms with van der Waals surface area (Å²) in [6.45, 7) is 6.00. The standard InChI is InChI=1S/C13H15N5O/c1-10(2)7-15-13(19)17-11-8-16-18(9-11)12-5-3-4-6-14-12/h3-6,8-9H,1,7H2,2H3,(H2,15,17,19). The number of pyridine rings is 1. The first kappa shape index (κ1) is 12.8. The molecule has 0 aliphatic carbocycles. The molecule has 2 aromatic rings. The fourth-order valence-electron chi connectivity index (χ4n) is 1.41. The number of carbonyl (C=O) groups is 1. The van der Waals surface area contributed by atoms with Gasteiger partial charge < -0.3 is 10.6 Å². The smallest absolute Gasteiger partial charge is 0.319 e. The predicted molar refractivity (Wildman–Crippen MR) is 73.2 cm³/mol. The molecule has 2 aromatic heterocycles. The number of nitrogens with zero attached hydrogens (tertiary/aromatic N) is 3. The number of nitrogens with one attached hydrogen (secondary N) is 2. The van der Waals surface area contributed by atoms with Gasteiger partial charge >= 0.3 is 6.03 Å². The molecule has 0 radical (unpaired) electrons. The zero-order chi connectivity index (χ0) is 13.7. The van der Waals surface area contributed by atoms with E-state index in [2.05, 4.69) is 27.3 Å². The van der Waals surface area contributed by atoms with Crippen LogP contribution in [0.25, 0.3) is 5.82 Å². The van der Waals surface area contributed by atoms with E-state index in [1.807, 2.05) is 25.1 Å². The van der Waals surface area contributed by atoms with Crippen LogP contribution in [0.15, 0.2) is 48.9 Å². The lowest BCUT2D eigenvalue weighted by atomic mass is 10.3. The van der Waals surface area contributed by atoms with E-state index in [4.69, 9.17) is 0 Å². The highest BCUT2D eigenvalue weighted by Crippen LogP contribution is 2.08. The Hall–Kier alpha value is -2.63. The summed E-state index contributed by atoms with van der Waals surface area (Å²) >= 11 is 0. The highest BCUT2D eigenvalue weighted by atomic mass is 16.2. The van der Waals surface area contributed by atoms with E-state index in [0.29, 0.717) is 18.1 Å². The lowest BCUT2D eigenvalue weighted by Crippen LogP contribution is -2.29. The first-order chi connectivity index (χ1) is 9.15. The maximum absolute atomic E-state index is 11.5. The minimum absolute atomic E-state index is 0.288. The van der Waals surface area contributed by atoms with Crippen molar-refractivity contribution in [3.8, 4) is 5.82 Å². The van der Waals surface area contributed by atoms with Crippen LogP contribution in [0.5, 0.6) is 0 Å². The van der Waals surface area contributed by atoms with Gasteiger partial charge in [-0.15, -0.1) is 0 Å². The molecule has 0 atom stereocenters. The van der Waals surface area contributed by atoms with Crippen molar-refractivity contribution in [3.63, 3.8) is 0 Å². The minimum Gasteiger partial charge on any atom is -0.334 e. The zero-order valence-corrected chi connectivity index (χ0v) is 10.6. The highest BCUT2D eigenvalue weighted by Gasteiger charge is 2.05. The molecule has 2 heterocycles. The summed E-state index contributed by atoms with van der Waals surface area (Å²) in [6.07, 6.45) is 4.95. The van der Waals surface area contributed by atoms with Crippen molar-refractivity contribution in [3.05, 3.63) is 48.9 Å². The van der Waals surface area contributed by atoms with Crippen LogP contribution in [-0.4, -0.2) is 27.3 Å². The van der Waals surface area contributed by atoms with Crippen LogP contribution in [0.2, 0.25) is 0 Å². The Kier molecular flexibility index (Phi) is 3.92. The van der Waals surface area contributed by atoms with E-state index in [1.165, 1.54) is 0 Å². The highest BCUT2D eigenvalue weighted by molar-refractivity contribution is 5.89. The normalized spacial score (nSPS) is 9.95. The molecule has 98 valence electrons. The molecule has 0 fully saturated rings. The van der Waals surface area contributed by atoms with Gasteiger partial charge in [0.05, 0.1) is 18.1 Å². The van der Waals surface area contributed by atoms with Crippen LogP contribution in [0, 0.1) is 0 Å². The summed E-state index contributed by atoms with van der Waals surface area (Å²) < 4.78 is 1.59. The average molecular weight is 257 g/mol. The quantitative estimate of drug-likeness (QED) is 0.822. The van der Waals surface area contributed by atoms with Gasteiger partial charge in [-0.25, -0.2) is 14.5 Å². The number of hydrogen-bond acceptors (Lipinski definition) is 3. The third-order valence-electron chi connectivity index (χ3n) is 2.28. The summed E-state index contributed by atoms with van der Waals surface area (Å²) in [4.78, 5) is 15.7. The molecule has 2 amide bonds. The molecular formula is C13H15N5O. The van der Waals surface area contributed by atoms with Gasteiger partial charge in [0, 0.05) is 12.7 Å². The molecule has 0 saturated heterocycles. The number of anilines is 1. The number of hydrogen-bond donors (Lipinski definition) is 2. The molecule has 0 saturated carbocycles. The van der Waals surface area contributed by atoms with Crippen molar-refractivity contribution < 1.29 is 4.79 Å². The molecule has 0 aliphatic heterocycles. The van der Waals surface area contributed by atoms with Crippen LogP contribution >= 0.6 is 0 Å². The van der Waals surface area contributed by atoms with E-state index < -0.39 is 0 Å². The molecule has 0 spiro atoms. The van der Waals surface area contributed by atoms with Crippen molar-refractivity contribution in [1.82, 2.24) is 20.1 Å². The first-order valence-electron chi connectivity index (χ1n) is 5.80. The summed E-state index contributed by atoms with van der Waals surface area (Å²) in [7, 11) is 0. The van der Waals surface area contributed by atoms with Crippen molar-refractivity contribution >= 4 is 11.7 Å². The topological polar surface area (TPSA) is 71.8 Å². The largest absolute Gasteiger partial charge is 0.334 e. The molecule has 6 nitrogen and oxygen atoms in total. The fraction of sp³-hybridized carbons (Fsp3) is 0.154. The third kappa shape index (κ3) is 3.67. The second-order valence-corrected chi connectivity index (χ2v) is 4.13. The van der Waals surface area contributed by atoms with Crippen LogP contribution in [-0.2, 0) is 0 Å². The van der Waals surface area contributed by atoms with Gasteiger partial charge in [0.25, 0.3) is 0 Å². The van der Waals surface area contributed by atoms with Gasteiger partial charge in [-0.2, -0.15) is 5.10 Å². The third-order valence-corrected chi connectivity index (χ3v) is 2.28. The van der Waals surface area contributed by atoms with Crippen LogP contribution in [0.1, 0.15) is 6.92 Å². The van der Waals surface area contributed by atoms with Crippen LogP contribution in [0.3, 0.4) is 0 Å². The first-order valence-corrected chi connectivity index (χ1v) is 5.80. The zero-order valence-electron chi connectivity index (χ0n) is 10.6. The van der Waals surface area contributed by atoms with Gasteiger partial charge in [-0.1, -0.05) is 18.2 Å². The molecule has 19 heavy (non-hydrogen) atoms. The number of amides is 2. The van der Waals surface area contributed by atoms with Crippen molar-refractivity contribution in [1.29, 1.82) is 0 Å². The fourth-order valence-corrected chi connectivity index (χ4v) is 1.41. The molecule has 2 N–H and O–H groups in total. The summed E-state index contributed by atoms with van der Waals surface area (Å²) in [5.41, 5.74) is 1.49. The Morgan fingerprint density at radius 2 is 2.32 bits per heavy atom. The van der Waals surface area contributed by atoms with E-state index in [-0.39, 0.29) is 6.03 Å². The lowest BCUT2D eigenvalue weighted by Gasteiger charge is -2.04. The monoisotopic (exact) mass is 257 g/mol. The van der Waals surface area contributed by atoms with Gasteiger partial charge in [0.15, 0.2) is 5.82 Å². The maximum atomic E-state index is 11.5. The molecule has 6 heteroatoms. The Labute approximate surface area is 111 Å². The van der Waals surface area contributed by atoms with E-state index in [0.717, 1.165) is 5.57 Å². The van der Waals surface area contributed by atoms with Crippen molar-refractivity contribution in [2.75, 3.05) is 11.9 Å². The van der Waals surface area contributed by atoms with Gasteiger partial charge in [0.1, 0.15) is 0 Å². The number of carbonyl (C=O) groups excluding carboxylic acids is 1. The molecule has 2 rings (SSSR count). The predicted octanol–water partition coefficient (Wildman–Crippen LogP) is 1.96. The SMILES string of the molecule is C=C(C)CNC(=O)Nc1cnn(-c2ccccn2)c1. The van der Waals surface area contributed by atoms with Crippen LogP contribution in [0.4, 0.5) is 10.5 Å². The maximum Gasteiger partial charge on any atom is 0.319 e. The number of rotatable bonds is 4. The Bertz CT molecular complexity index is 576. The van der Waals surface area contributed by atoms with Crippen molar-refractivity contribution in [2.24, 2.45) is 0 Å². The number of aromatic nitrogens is 3. The van der Waals surface area contributed by atoms with Gasteiger partial charge in [-0.3, -0.25) is 0 Å². The summed E-state index contributed by atoms with van der Waals surface area (Å²) in [5.74, 6) is 0.692.